The molecule has 0 fully saturated rings. The van der Waals surface area contributed by atoms with E-state index in [1.165, 1.54) is 26.6 Å². The van der Waals surface area contributed by atoms with Crippen molar-refractivity contribution in [3.63, 3.8) is 0 Å². The summed E-state index contributed by atoms with van der Waals surface area (Å²) in [7, 11) is 2.95. The molecule has 0 aliphatic rings. The van der Waals surface area contributed by atoms with Gasteiger partial charge in [-0.05, 0) is 73.0 Å². The fourth-order valence-electron chi connectivity index (χ4n) is 2.89. The van der Waals surface area contributed by atoms with Gasteiger partial charge in [0.2, 0.25) is 0 Å². The van der Waals surface area contributed by atoms with Crippen molar-refractivity contribution in [1.29, 1.82) is 0 Å². The Hall–Kier alpha value is -4.42. The Morgan fingerprint density at radius 2 is 1.08 bits per heavy atom. The van der Waals surface area contributed by atoms with E-state index in [2.05, 4.69) is 31.7 Å². The second-order valence-electron chi connectivity index (χ2n) is 7.02. The number of methoxy groups -OCH3 is 2. The number of benzene rings is 3. The van der Waals surface area contributed by atoms with Crippen LogP contribution in [0.4, 0.5) is 11.4 Å². The van der Waals surface area contributed by atoms with E-state index in [1.54, 1.807) is 60.7 Å². The Bertz CT molecular complexity index is 1180. The van der Waals surface area contributed by atoms with Crippen molar-refractivity contribution in [1.82, 2.24) is 10.9 Å². The van der Waals surface area contributed by atoms with Gasteiger partial charge in [0.25, 0.3) is 0 Å². The van der Waals surface area contributed by atoms with Crippen LogP contribution in [0.25, 0.3) is 0 Å². The summed E-state index contributed by atoms with van der Waals surface area (Å²) in [5.41, 5.74) is 7.79. The number of nitrogens with zero attached hydrogens (tertiary/aromatic N) is 2. The van der Waals surface area contributed by atoms with Gasteiger partial charge in [0.1, 0.15) is 0 Å². The van der Waals surface area contributed by atoms with E-state index >= 15 is 0 Å². The lowest BCUT2D eigenvalue weighted by atomic mass is 10.2. The first-order valence-electron chi connectivity index (χ1n) is 10.4. The van der Waals surface area contributed by atoms with Crippen LogP contribution in [0.2, 0.25) is 0 Å². The molecule has 6 N–H and O–H groups in total. The zero-order valence-corrected chi connectivity index (χ0v) is 21.0. The summed E-state index contributed by atoms with van der Waals surface area (Å²) in [6.07, 6.45) is 2.87. The van der Waals surface area contributed by atoms with E-state index < -0.39 is 0 Å². The molecule has 0 aliphatic heterocycles. The first-order valence-corrected chi connectivity index (χ1v) is 11.2. The third kappa shape index (κ3) is 7.29. The largest absolute Gasteiger partial charge is 0.504 e. The van der Waals surface area contributed by atoms with Gasteiger partial charge in [0, 0.05) is 22.5 Å². The zero-order valence-electron chi connectivity index (χ0n) is 19.4. The molecule has 0 unspecified atom stereocenters. The van der Waals surface area contributed by atoms with Gasteiger partial charge in [-0.1, -0.05) is 12.1 Å². The van der Waals surface area contributed by atoms with Crippen LogP contribution in [-0.2, 0) is 0 Å². The standard InChI is InChI=1S/C24H24N6O4S2/c1-33-19-7-3-5-15(21(19)31)13-25-29-23(35)27-17-9-11-18(12-10-17)28-24(36)30-26-14-16-6-4-8-20(34-2)22(16)32/h3-14,31-32H,1-2H3,(H2,27,29,35)(H2,28,30,36)/b25-13+,26-14+. The number of nitrogens with one attached hydrogen (secondary N) is 4. The first kappa shape index (κ1) is 26.2. The van der Waals surface area contributed by atoms with E-state index in [9.17, 15) is 10.2 Å². The van der Waals surface area contributed by atoms with Crippen LogP contribution in [0.3, 0.4) is 0 Å². The zero-order chi connectivity index (χ0) is 25.9. The van der Waals surface area contributed by atoms with Gasteiger partial charge in [-0.2, -0.15) is 10.2 Å². The van der Waals surface area contributed by atoms with Crippen molar-refractivity contribution in [3.8, 4) is 23.0 Å². The third-order valence-electron chi connectivity index (χ3n) is 4.64. The Labute approximate surface area is 218 Å². The second-order valence-corrected chi connectivity index (χ2v) is 7.84. The van der Waals surface area contributed by atoms with Crippen molar-refractivity contribution in [2.45, 2.75) is 0 Å². The van der Waals surface area contributed by atoms with Gasteiger partial charge < -0.3 is 30.3 Å². The molecule has 0 saturated heterocycles. The number of thiocarbonyl (C=S) groups is 2. The molecule has 3 aromatic carbocycles. The van der Waals surface area contributed by atoms with Gasteiger partial charge in [0.05, 0.1) is 26.6 Å². The monoisotopic (exact) mass is 524 g/mol. The Balaban J connectivity index is 1.47. The van der Waals surface area contributed by atoms with Gasteiger partial charge in [-0.25, -0.2) is 0 Å². The number of ether oxygens (including phenoxy) is 2. The molecule has 3 rings (SSSR count). The summed E-state index contributed by atoms with van der Waals surface area (Å²) in [4.78, 5) is 0. The molecule has 0 amide bonds. The molecule has 0 spiro atoms. The van der Waals surface area contributed by atoms with Crippen molar-refractivity contribution in [2.75, 3.05) is 24.9 Å². The van der Waals surface area contributed by atoms with Crippen molar-refractivity contribution >= 4 is 58.5 Å². The lowest BCUT2D eigenvalue weighted by Crippen LogP contribution is -2.24. The molecule has 0 heterocycles. The van der Waals surface area contributed by atoms with Crippen LogP contribution in [-0.4, -0.2) is 47.1 Å². The number of hydrogen-bond acceptors (Lipinski definition) is 8. The lowest BCUT2D eigenvalue weighted by Gasteiger charge is -2.10. The fraction of sp³-hybridized carbons (Fsp3) is 0.0833. The molecule has 0 atom stereocenters. The predicted octanol–water partition coefficient (Wildman–Crippen LogP) is 3.76. The maximum absolute atomic E-state index is 10.1. The van der Waals surface area contributed by atoms with Gasteiger partial charge in [0.15, 0.2) is 33.2 Å². The summed E-state index contributed by atoms with van der Waals surface area (Å²) in [5.74, 6) is 0.685. The second kappa shape index (κ2) is 12.9. The summed E-state index contributed by atoms with van der Waals surface area (Å²) < 4.78 is 10.1. The number of anilines is 2. The average molecular weight is 525 g/mol. The highest BCUT2D eigenvalue weighted by Gasteiger charge is 2.06. The molecule has 36 heavy (non-hydrogen) atoms. The molecule has 0 bridgehead atoms. The molecule has 0 aliphatic carbocycles. The van der Waals surface area contributed by atoms with Crippen LogP contribution in [0.15, 0.2) is 70.9 Å². The number of hydrogen-bond donors (Lipinski definition) is 6. The normalized spacial score (nSPS) is 10.7. The summed E-state index contributed by atoms with van der Waals surface area (Å²) >= 11 is 10.5. The van der Waals surface area contributed by atoms with Crippen molar-refractivity contribution in [2.24, 2.45) is 10.2 Å². The van der Waals surface area contributed by atoms with Crippen LogP contribution < -0.4 is 31.0 Å². The first-order chi connectivity index (χ1) is 17.4. The summed E-state index contributed by atoms with van der Waals surface area (Å²) in [6, 6.07) is 17.4. The number of phenolic OH excluding ortho intramolecular Hbond substituents is 2. The van der Waals surface area contributed by atoms with Gasteiger partial charge >= 0.3 is 0 Å². The SMILES string of the molecule is COc1cccc(/C=N/NC(=S)Nc2ccc(NC(=S)N/N=C/c3cccc(OC)c3O)cc2)c1O. The Morgan fingerprint density at radius 3 is 1.44 bits per heavy atom. The quantitative estimate of drug-likeness (QED) is 0.147. The van der Waals surface area contributed by atoms with E-state index in [1.807, 2.05) is 0 Å². The molecule has 0 radical (unpaired) electrons. The smallest absolute Gasteiger partial charge is 0.191 e. The number of rotatable bonds is 8. The highest BCUT2D eigenvalue weighted by atomic mass is 32.1. The minimum atomic E-state index is -0.0101. The number of aromatic hydroxyl groups is 2. The maximum atomic E-state index is 10.1. The predicted molar refractivity (Wildman–Crippen MR) is 150 cm³/mol. The molecule has 12 heteroatoms. The van der Waals surface area contributed by atoms with Crippen molar-refractivity contribution in [3.05, 3.63) is 71.8 Å². The fourth-order valence-corrected chi connectivity index (χ4v) is 3.23. The Morgan fingerprint density at radius 1 is 0.694 bits per heavy atom. The molecule has 0 aromatic heterocycles. The van der Waals surface area contributed by atoms with Crippen LogP contribution in [0, 0.1) is 0 Å². The van der Waals surface area contributed by atoms with Gasteiger partial charge in [-0.15, -0.1) is 0 Å². The minimum Gasteiger partial charge on any atom is -0.504 e. The lowest BCUT2D eigenvalue weighted by molar-refractivity contribution is 0.373. The minimum absolute atomic E-state index is 0.0101. The third-order valence-corrected chi connectivity index (χ3v) is 5.03. The van der Waals surface area contributed by atoms with Crippen LogP contribution >= 0.6 is 24.4 Å². The van der Waals surface area contributed by atoms with E-state index in [4.69, 9.17) is 33.9 Å². The molecule has 10 nitrogen and oxygen atoms in total. The van der Waals surface area contributed by atoms with Gasteiger partial charge in [-0.3, -0.25) is 10.9 Å². The number of phenols is 2. The Kier molecular flexibility index (Phi) is 9.37. The number of hydrazone groups is 2. The molecular weight excluding hydrogens is 500 g/mol. The van der Waals surface area contributed by atoms with Crippen LogP contribution in [0.5, 0.6) is 23.0 Å². The topological polar surface area (TPSA) is 132 Å². The summed E-state index contributed by atoms with van der Waals surface area (Å²) in [5, 5.41) is 34.7. The maximum Gasteiger partial charge on any atom is 0.191 e. The highest BCUT2D eigenvalue weighted by molar-refractivity contribution is 7.80. The summed E-state index contributed by atoms with van der Waals surface area (Å²) in [6.45, 7) is 0. The highest BCUT2D eigenvalue weighted by Crippen LogP contribution is 2.28. The molecule has 186 valence electrons. The molecule has 0 saturated carbocycles. The molecular formula is C24H24N6O4S2. The van der Waals surface area contributed by atoms with E-state index in [-0.39, 0.29) is 21.7 Å². The number of para-hydroxylation sites is 2. The van der Waals surface area contributed by atoms with Crippen LogP contribution in [0.1, 0.15) is 11.1 Å². The van der Waals surface area contributed by atoms with E-state index in [0.29, 0.717) is 22.6 Å². The molecule has 3 aromatic rings. The van der Waals surface area contributed by atoms with Crippen molar-refractivity contribution < 1.29 is 19.7 Å². The average Bonchev–Trinajstić information content (AvgIpc) is 2.87. The van der Waals surface area contributed by atoms with E-state index in [0.717, 1.165) is 11.4 Å².